The Bertz CT molecular complexity index is 1090. The van der Waals surface area contributed by atoms with Gasteiger partial charge in [0.1, 0.15) is 5.82 Å². The Labute approximate surface area is 202 Å². The van der Waals surface area contributed by atoms with Gasteiger partial charge in [0.2, 0.25) is 0 Å². The quantitative estimate of drug-likeness (QED) is 0.508. The van der Waals surface area contributed by atoms with E-state index < -0.39 is 11.8 Å². The summed E-state index contributed by atoms with van der Waals surface area (Å²) in [5.74, 6) is -1.56. The first kappa shape index (κ1) is 23.8. The molecular formula is C25H28FN5O2S. The van der Waals surface area contributed by atoms with Crippen molar-refractivity contribution in [2.45, 2.75) is 25.6 Å². The van der Waals surface area contributed by atoms with E-state index in [2.05, 4.69) is 20.5 Å². The number of rotatable bonds is 7. The molecule has 1 saturated heterocycles. The van der Waals surface area contributed by atoms with E-state index in [0.29, 0.717) is 31.9 Å². The molecule has 1 aliphatic heterocycles. The fraction of sp³-hybridized carbons (Fsp3) is 0.320. The fourth-order valence-corrected chi connectivity index (χ4v) is 5.23. The lowest BCUT2D eigenvalue weighted by atomic mass is 10.0. The second-order valence-corrected chi connectivity index (χ2v) is 9.22. The third-order valence-corrected chi connectivity index (χ3v) is 6.89. The molecule has 4 rings (SSSR count). The number of benzene rings is 1. The normalized spacial score (nSPS) is 16.0. The van der Waals surface area contributed by atoms with E-state index in [9.17, 15) is 14.0 Å². The fourth-order valence-electron chi connectivity index (χ4n) is 4.27. The van der Waals surface area contributed by atoms with E-state index in [1.165, 1.54) is 6.07 Å². The second-order valence-electron chi connectivity index (χ2n) is 8.24. The summed E-state index contributed by atoms with van der Waals surface area (Å²) >= 11 is 1.62. The number of nitrogens with one attached hydrogen (secondary N) is 2. The van der Waals surface area contributed by atoms with Gasteiger partial charge in [-0.15, -0.1) is 11.3 Å². The Hall–Kier alpha value is -3.30. The highest BCUT2D eigenvalue weighted by molar-refractivity contribution is 7.10. The molecule has 3 heterocycles. The van der Waals surface area contributed by atoms with E-state index in [4.69, 9.17) is 0 Å². The molecule has 0 saturated carbocycles. The lowest BCUT2D eigenvalue weighted by molar-refractivity contribution is -0.140. The number of para-hydroxylation sites is 1. The molecule has 34 heavy (non-hydrogen) atoms. The summed E-state index contributed by atoms with van der Waals surface area (Å²) in [7, 11) is 0. The Morgan fingerprint density at radius 1 is 1.06 bits per heavy atom. The van der Waals surface area contributed by atoms with Crippen LogP contribution in [-0.2, 0) is 16.1 Å². The molecule has 2 amide bonds. The molecule has 0 unspecified atom stereocenters. The van der Waals surface area contributed by atoms with Crippen molar-refractivity contribution in [3.05, 3.63) is 82.6 Å². The van der Waals surface area contributed by atoms with Gasteiger partial charge >= 0.3 is 11.8 Å². The van der Waals surface area contributed by atoms with Crippen molar-refractivity contribution in [1.82, 2.24) is 20.5 Å². The Morgan fingerprint density at radius 2 is 1.85 bits per heavy atom. The predicted molar refractivity (Wildman–Crippen MR) is 131 cm³/mol. The van der Waals surface area contributed by atoms with Crippen molar-refractivity contribution in [2.75, 3.05) is 31.1 Å². The zero-order valence-electron chi connectivity index (χ0n) is 19.0. The van der Waals surface area contributed by atoms with Crippen molar-refractivity contribution < 1.29 is 14.0 Å². The minimum Gasteiger partial charge on any atom is -0.367 e. The van der Waals surface area contributed by atoms with Crippen molar-refractivity contribution in [3.8, 4) is 0 Å². The maximum Gasteiger partial charge on any atom is 0.309 e. The van der Waals surface area contributed by atoms with Crippen LogP contribution in [0.5, 0.6) is 0 Å². The molecule has 2 N–H and O–H groups in total. The number of hydrogen-bond donors (Lipinski definition) is 2. The van der Waals surface area contributed by atoms with E-state index in [1.807, 2.05) is 41.5 Å². The Kier molecular flexibility index (Phi) is 7.87. The summed E-state index contributed by atoms with van der Waals surface area (Å²) in [6.45, 7) is 4.93. The molecule has 2 atom stereocenters. The van der Waals surface area contributed by atoms with Crippen LogP contribution >= 0.6 is 11.3 Å². The standard InChI is InChI=1S/C25H28FN5O2S/c1-18(29-25(33)24(32)28-17-19-6-4-10-27-16-19)23(22-9-5-15-34-22)31-13-11-30(12-14-31)21-8-3-2-7-20(21)26/h2-10,15-16,18,23H,11-14,17H2,1H3,(H,28,32)(H,29,33)/t18-,23-/m1/s1. The van der Waals surface area contributed by atoms with Crippen LogP contribution < -0.4 is 15.5 Å². The van der Waals surface area contributed by atoms with Crippen LogP contribution in [0, 0.1) is 5.82 Å². The highest BCUT2D eigenvalue weighted by atomic mass is 32.1. The molecule has 3 aromatic rings. The van der Waals surface area contributed by atoms with Gasteiger partial charge in [-0.2, -0.15) is 0 Å². The molecule has 0 radical (unpaired) electrons. The maximum absolute atomic E-state index is 14.2. The first-order chi connectivity index (χ1) is 16.5. The Balaban J connectivity index is 1.38. The second kappa shape index (κ2) is 11.2. The average Bonchev–Trinajstić information content (AvgIpc) is 3.38. The first-order valence-corrected chi connectivity index (χ1v) is 12.2. The summed E-state index contributed by atoms with van der Waals surface area (Å²) < 4.78 is 14.2. The molecule has 9 heteroatoms. The predicted octanol–water partition coefficient (Wildman–Crippen LogP) is 2.97. The van der Waals surface area contributed by atoms with Gasteiger partial charge in [0.25, 0.3) is 0 Å². The zero-order valence-corrected chi connectivity index (χ0v) is 19.8. The molecule has 0 aliphatic carbocycles. The number of halogens is 1. The number of nitrogens with zero attached hydrogens (tertiary/aromatic N) is 3. The van der Waals surface area contributed by atoms with Gasteiger partial charge in [-0.1, -0.05) is 24.3 Å². The SMILES string of the molecule is C[C@@H](NC(=O)C(=O)NCc1cccnc1)[C@H](c1cccs1)N1CCN(c2ccccc2F)CC1. The van der Waals surface area contributed by atoms with Gasteiger partial charge in [-0.05, 0) is 42.1 Å². The summed E-state index contributed by atoms with van der Waals surface area (Å²) in [6, 6.07) is 14.1. The van der Waals surface area contributed by atoms with Crippen LogP contribution in [0.15, 0.2) is 66.3 Å². The van der Waals surface area contributed by atoms with Crippen molar-refractivity contribution >= 4 is 28.8 Å². The third kappa shape index (κ3) is 5.78. The smallest absolute Gasteiger partial charge is 0.309 e. The first-order valence-electron chi connectivity index (χ1n) is 11.3. The van der Waals surface area contributed by atoms with E-state index in [0.717, 1.165) is 10.4 Å². The number of thiophene rings is 1. The monoisotopic (exact) mass is 481 g/mol. The van der Waals surface area contributed by atoms with Crippen LogP contribution in [0.2, 0.25) is 0 Å². The van der Waals surface area contributed by atoms with Crippen LogP contribution in [-0.4, -0.2) is 53.9 Å². The van der Waals surface area contributed by atoms with Crippen LogP contribution in [0.4, 0.5) is 10.1 Å². The number of anilines is 1. The molecule has 1 aliphatic rings. The lowest BCUT2D eigenvalue weighted by Crippen LogP contribution is -2.53. The summed E-state index contributed by atoms with van der Waals surface area (Å²) in [5.41, 5.74) is 1.43. The topological polar surface area (TPSA) is 77.6 Å². The zero-order chi connectivity index (χ0) is 23.9. The average molecular weight is 482 g/mol. The number of amides is 2. The highest BCUT2D eigenvalue weighted by Gasteiger charge is 2.32. The van der Waals surface area contributed by atoms with Crippen molar-refractivity contribution in [3.63, 3.8) is 0 Å². The highest BCUT2D eigenvalue weighted by Crippen LogP contribution is 2.30. The van der Waals surface area contributed by atoms with Crippen LogP contribution in [0.1, 0.15) is 23.4 Å². The van der Waals surface area contributed by atoms with E-state index in [-0.39, 0.29) is 24.4 Å². The summed E-state index contributed by atoms with van der Waals surface area (Å²) in [4.78, 5) is 34.4. The maximum atomic E-state index is 14.2. The Morgan fingerprint density at radius 3 is 2.53 bits per heavy atom. The lowest BCUT2D eigenvalue weighted by Gasteiger charge is -2.42. The molecular weight excluding hydrogens is 453 g/mol. The summed E-state index contributed by atoms with van der Waals surface area (Å²) in [5, 5.41) is 7.53. The molecule has 0 spiro atoms. The van der Waals surface area contributed by atoms with E-state index >= 15 is 0 Å². The van der Waals surface area contributed by atoms with Gasteiger partial charge in [-0.25, -0.2) is 4.39 Å². The van der Waals surface area contributed by atoms with Gasteiger partial charge in [-0.3, -0.25) is 19.5 Å². The van der Waals surface area contributed by atoms with Crippen LogP contribution in [0.25, 0.3) is 0 Å². The van der Waals surface area contributed by atoms with Gasteiger partial charge in [0.15, 0.2) is 0 Å². The van der Waals surface area contributed by atoms with Gasteiger partial charge in [0.05, 0.1) is 11.7 Å². The number of hydrogen-bond acceptors (Lipinski definition) is 6. The molecule has 7 nitrogen and oxygen atoms in total. The van der Waals surface area contributed by atoms with E-state index in [1.54, 1.807) is 41.9 Å². The van der Waals surface area contributed by atoms with Crippen LogP contribution in [0.3, 0.4) is 0 Å². The molecule has 0 bridgehead atoms. The van der Waals surface area contributed by atoms with Gasteiger partial charge < -0.3 is 15.5 Å². The minimum atomic E-state index is -0.676. The number of carbonyl (C=O) groups excluding carboxylic acids is 2. The number of pyridine rings is 1. The molecule has 1 fully saturated rings. The molecule has 1 aromatic carbocycles. The number of piperazine rings is 1. The van der Waals surface area contributed by atoms with Gasteiger partial charge in [0, 0.05) is 56.0 Å². The number of carbonyl (C=O) groups is 2. The van der Waals surface area contributed by atoms with Crippen molar-refractivity contribution in [2.24, 2.45) is 0 Å². The third-order valence-electron chi connectivity index (χ3n) is 5.95. The molecule has 178 valence electrons. The minimum absolute atomic E-state index is 0.0853. The van der Waals surface area contributed by atoms with Crippen molar-refractivity contribution in [1.29, 1.82) is 0 Å². The molecule has 2 aromatic heterocycles. The summed E-state index contributed by atoms with van der Waals surface area (Å²) in [6.07, 6.45) is 3.30. The number of aromatic nitrogens is 1. The largest absolute Gasteiger partial charge is 0.367 e.